The Morgan fingerprint density at radius 1 is 1.32 bits per heavy atom. The maximum Gasteiger partial charge on any atom is 0.0991 e. The molecule has 0 unspecified atom stereocenters. The fourth-order valence-electron chi connectivity index (χ4n) is 3.11. The molecule has 1 saturated heterocycles. The molecule has 0 aromatic heterocycles. The minimum Gasteiger partial charge on any atom is -0.301 e. The first-order chi connectivity index (χ1) is 9.15. The van der Waals surface area contributed by atoms with Gasteiger partial charge in [-0.05, 0) is 75.4 Å². The summed E-state index contributed by atoms with van der Waals surface area (Å²) in [5.41, 5.74) is 3.63. The molecule has 0 aliphatic carbocycles. The van der Waals surface area contributed by atoms with E-state index in [4.69, 9.17) is 5.26 Å². The second-order valence-electron chi connectivity index (χ2n) is 5.78. The van der Waals surface area contributed by atoms with E-state index in [9.17, 15) is 0 Å². The molecule has 1 heterocycles. The third-order valence-electron chi connectivity index (χ3n) is 4.35. The van der Waals surface area contributed by atoms with Gasteiger partial charge in [0.25, 0.3) is 0 Å². The van der Waals surface area contributed by atoms with Gasteiger partial charge in [0.05, 0.1) is 11.6 Å². The summed E-state index contributed by atoms with van der Waals surface area (Å²) in [4.78, 5) is 2.56. The highest BCUT2D eigenvalue weighted by molar-refractivity contribution is 5.40. The highest BCUT2D eigenvalue weighted by Crippen LogP contribution is 2.31. The van der Waals surface area contributed by atoms with Crippen molar-refractivity contribution < 1.29 is 0 Å². The van der Waals surface area contributed by atoms with Crippen molar-refractivity contribution in [2.75, 3.05) is 13.1 Å². The Hall–Kier alpha value is -1.33. The van der Waals surface area contributed by atoms with Crippen LogP contribution in [0.1, 0.15) is 56.2 Å². The van der Waals surface area contributed by atoms with Crippen molar-refractivity contribution in [3.05, 3.63) is 34.9 Å². The number of benzene rings is 1. The molecular weight excluding hydrogens is 232 g/mol. The molecule has 0 radical (unpaired) electrons. The summed E-state index contributed by atoms with van der Waals surface area (Å²) < 4.78 is 0. The smallest absolute Gasteiger partial charge is 0.0991 e. The SMILES string of the molecule is CCc1cc(C#N)ccc1C1CCN(C(C)C)CC1. The molecule has 0 spiro atoms. The fourth-order valence-corrected chi connectivity index (χ4v) is 3.11. The Kier molecular flexibility index (Phi) is 4.61. The number of rotatable bonds is 3. The van der Waals surface area contributed by atoms with Gasteiger partial charge in [-0.1, -0.05) is 13.0 Å². The lowest BCUT2D eigenvalue weighted by molar-refractivity contribution is 0.171. The molecule has 1 aliphatic heterocycles. The van der Waals surface area contributed by atoms with Crippen molar-refractivity contribution in [3.8, 4) is 6.07 Å². The minimum atomic E-state index is 0.660. The van der Waals surface area contributed by atoms with E-state index in [0.29, 0.717) is 12.0 Å². The number of hydrogen-bond donors (Lipinski definition) is 0. The Balaban J connectivity index is 2.13. The van der Waals surface area contributed by atoms with Crippen molar-refractivity contribution in [1.82, 2.24) is 4.90 Å². The molecule has 102 valence electrons. The number of hydrogen-bond acceptors (Lipinski definition) is 2. The summed E-state index contributed by atoms with van der Waals surface area (Å²) in [5.74, 6) is 0.678. The average Bonchev–Trinajstić information content (AvgIpc) is 2.46. The van der Waals surface area contributed by atoms with Gasteiger partial charge in [0.15, 0.2) is 0 Å². The van der Waals surface area contributed by atoms with E-state index in [1.54, 1.807) is 0 Å². The monoisotopic (exact) mass is 256 g/mol. The zero-order chi connectivity index (χ0) is 13.8. The number of aryl methyl sites for hydroxylation is 1. The summed E-state index contributed by atoms with van der Waals surface area (Å²) in [6.45, 7) is 9.14. The lowest BCUT2D eigenvalue weighted by Crippen LogP contribution is -2.38. The topological polar surface area (TPSA) is 27.0 Å². The molecule has 1 aromatic carbocycles. The number of likely N-dealkylation sites (tertiary alicyclic amines) is 1. The number of piperidine rings is 1. The van der Waals surface area contributed by atoms with Crippen LogP contribution in [0.25, 0.3) is 0 Å². The Labute approximate surface area is 117 Å². The van der Waals surface area contributed by atoms with Crippen LogP contribution >= 0.6 is 0 Å². The van der Waals surface area contributed by atoms with E-state index in [0.717, 1.165) is 12.0 Å². The average molecular weight is 256 g/mol. The van der Waals surface area contributed by atoms with E-state index >= 15 is 0 Å². The quantitative estimate of drug-likeness (QED) is 0.824. The van der Waals surface area contributed by atoms with Gasteiger partial charge >= 0.3 is 0 Å². The lowest BCUT2D eigenvalue weighted by atomic mass is 9.85. The van der Waals surface area contributed by atoms with E-state index in [2.05, 4.69) is 43.9 Å². The van der Waals surface area contributed by atoms with E-state index in [-0.39, 0.29) is 0 Å². The normalized spacial score (nSPS) is 17.6. The second-order valence-corrected chi connectivity index (χ2v) is 5.78. The van der Waals surface area contributed by atoms with E-state index < -0.39 is 0 Å². The van der Waals surface area contributed by atoms with Crippen LogP contribution in [0.5, 0.6) is 0 Å². The van der Waals surface area contributed by atoms with E-state index in [1.807, 2.05) is 6.07 Å². The second kappa shape index (κ2) is 6.21. The Morgan fingerprint density at radius 3 is 2.53 bits per heavy atom. The summed E-state index contributed by atoms with van der Waals surface area (Å²) in [6.07, 6.45) is 3.52. The van der Waals surface area contributed by atoms with Gasteiger partial charge < -0.3 is 4.90 Å². The van der Waals surface area contributed by atoms with Gasteiger partial charge in [0, 0.05) is 6.04 Å². The summed E-state index contributed by atoms with van der Waals surface area (Å²) in [6, 6.07) is 9.14. The zero-order valence-corrected chi connectivity index (χ0v) is 12.3. The molecule has 1 aliphatic rings. The molecular formula is C17H24N2. The van der Waals surface area contributed by atoms with Crippen molar-refractivity contribution in [2.24, 2.45) is 0 Å². The van der Waals surface area contributed by atoms with Crippen LogP contribution in [-0.4, -0.2) is 24.0 Å². The number of nitriles is 1. The molecule has 0 N–H and O–H groups in total. The Morgan fingerprint density at radius 2 is 2.00 bits per heavy atom. The molecule has 2 rings (SSSR count). The van der Waals surface area contributed by atoms with Gasteiger partial charge in [-0.3, -0.25) is 0 Å². The third-order valence-corrected chi connectivity index (χ3v) is 4.35. The van der Waals surface area contributed by atoms with Crippen LogP contribution in [0, 0.1) is 11.3 Å². The standard InChI is InChI=1S/C17H24N2/c1-4-15-11-14(12-18)5-6-17(15)16-7-9-19(10-8-16)13(2)3/h5-6,11,13,16H,4,7-10H2,1-3H3. The zero-order valence-electron chi connectivity index (χ0n) is 12.3. The van der Waals surface area contributed by atoms with E-state index in [1.165, 1.54) is 37.1 Å². The summed E-state index contributed by atoms with van der Waals surface area (Å²) in [5, 5.41) is 9.00. The molecule has 0 atom stereocenters. The van der Waals surface area contributed by atoms with Gasteiger partial charge in [-0.25, -0.2) is 0 Å². The molecule has 19 heavy (non-hydrogen) atoms. The van der Waals surface area contributed by atoms with Crippen LogP contribution in [0.15, 0.2) is 18.2 Å². The minimum absolute atomic E-state index is 0.660. The first kappa shape index (κ1) is 14.1. The number of nitrogens with zero attached hydrogens (tertiary/aromatic N) is 2. The molecule has 0 bridgehead atoms. The lowest BCUT2D eigenvalue weighted by Gasteiger charge is -2.35. The van der Waals surface area contributed by atoms with Crippen molar-refractivity contribution >= 4 is 0 Å². The summed E-state index contributed by atoms with van der Waals surface area (Å²) in [7, 11) is 0. The maximum absolute atomic E-state index is 9.00. The van der Waals surface area contributed by atoms with Gasteiger partial charge in [0.2, 0.25) is 0 Å². The van der Waals surface area contributed by atoms with Crippen LogP contribution in [0.2, 0.25) is 0 Å². The highest BCUT2D eigenvalue weighted by Gasteiger charge is 2.23. The molecule has 0 saturated carbocycles. The fraction of sp³-hybridized carbons (Fsp3) is 0.588. The highest BCUT2D eigenvalue weighted by atomic mass is 15.1. The Bertz CT molecular complexity index is 463. The molecule has 0 amide bonds. The van der Waals surface area contributed by atoms with Crippen molar-refractivity contribution in [2.45, 2.75) is 52.0 Å². The predicted octanol–water partition coefficient (Wildman–Crippen LogP) is 3.71. The van der Waals surface area contributed by atoms with Gasteiger partial charge in [-0.15, -0.1) is 0 Å². The largest absolute Gasteiger partial charge is 0.301 e. The van der Waals surface area contributed by atoms with Crippen LogP contribution in [-0.2, 0) is 6.42 Å². The third kappa shape index (κ3) is 3.16. The predicted molar refractivity (Wildman–Crippen MR) is 79.2 cm³/mol. The molecule has 2 heteroatoms. The first-order valence-electron chi connectivity index (χ1n) is 7.42. The molecule has 1 fully saturated rings. The van der Waals surface area contributed by atoms with Crippen LogP contribution in [0.3, 0.4) is 0 Å². The first-order valence-corrected chi connectivity index (χ1v) is 7.42. The van der Waals surface area contributed by atoms with Crippen molar-refractivity contribution in [1.29, 1.82) is 5.26 Å². The van der Waals surface area contributed by atoms with Gasteiger partial charge in [-0.2, -0.15) is 5.26 Å². The summed E-state index contributed by atoms with van der Waals surface area (Å²) >= 11 is 0. The van der Waals surface area contributed by atoms with Crippen LogP contribution in [0.4, 0.5) is 0 Å². The molecule has 1 aromatic rings. The maximum atomic E-state index is 9.00. The molecule has 2 nitrogen and oxygen atoms in total. The van der Waals surface area contributed by atoms with Gasteiger partial charge in [0.1, 0.15) is 0 Å². The van der Waals surface area contributed by atoms with Crippen molar-refractivity contribution in [3.63, 3.8) is 0 Å². The van der Waals surface area contributed by atoms with Crippen LogP contribution < -0.4 is 0 Å².